The number of phenolic OH excluding ortho intramolecular Hbond substituents is 6. The van der Waals surface area contributed by atoms with Crippen LogP contribution in [0.3, 0.4) is 0 Å². The second-order valence-electron chi connectivity index (χ2n) is 20.2. The van der Waals surface area contributed by atoms with Gasteiger partial charge in [-0.15, -0.1) is 0 Å². The molecular weight excluding hydrogens is 1150 g/mol. The molecule has 0 aliphatic carbocycles. The number of aliphatic hydroxyl groups excluding tert-OH is 2. The summed E-state index contributed by atoms with van der Waals surface area (Å²) in [5.41, 5.74) is 4.23. The molecule has 7 aromatic carbocycles. The van der Waals surface area contributed by atoms with Gasteiger partial charge in [-0.3, -0.25) is 28.8 Å². The van der Waals surface area contributed by atoms with E-state index in [0.717, 1.165) is 67.8 Å². The molecular formula is C59H48ClN7O19. The molecule has 0 fully saturated rings. The summed E-state index contributed by atoms with van der Waals surface area (Å²) in [5, 5.41) is 106. The van der Waals surface area contributed by atoms with Crippen molar-refractivity contribution < 1.29 is 93.4 Å². The second kappa shape index (κ2) is 22.4. The Bertz CT molecular complexity index is 4000. The molecule has 7 aromatic rings. The lowest BCUT2D eigenvalue weighted by atomic mass is 9.89. The number of hydrogen-bond donors (Lipinski definition) is 15. The van der Waals surface area contributed by atoms with Crippen molar-refractivity contribution in [3.63, 3.8) is 0 Å². The Morgan fingerprint density at radius 2 is 0.977 bits per heavy atom. The fourth-order valence-corrected chi connectivity index (χ4v) is 10.5. The van der Waals surface area contributed by atoms with Crippen LogP contribution in [-0.4, -0.2) is 101 Å². The summed E-state index contributed by atoms with van der Waals surface area (Å²) in [5.74, 6) is -14.5. The Morgan fingerprint density at radius 1 is 0.477 bits per heavy atom. The molecule has 6 aliphatic heterocycles. The Labute approximate surface area is 489 Å². The topological polar surface area (TPSA) is 416 Å². The van der Waals surface area contributed by atoms with Gasteiger partial charge in [0.05, 0.1) is 12.1 Å². The first-order valence-corrected chi connectivity index (χ1v) is 26.3. The van der Waals surface area contributed by atoms with Crippen LogP contribution in [0.5, 0.6) is 69.0 Å². The zero-order chi connectivity index (χ0) is 61.2. The van der Waals surface area contributed by atoms with Gasteiger partial charge in [0.1, 0.15) is 88.7 Å². The van der Waals surface area contributed by atoms with Gasteiger partial charge in [-0.05, 0) is 101 Å². The van der Waals surface area contributed by atoms with Crippen LogP contribution < -0.4 is 51.8 Å². The van der Waals surface area contributed by atoms with Gasteiger partial charge >= 0.3 is 5.97 Å². The Morgan fingerprint density at radius 3 is 1.59 bits per heavy atom. The smallest absolute Gasteiger partial charge is 0.333 e. The SMILES string of the molecule is COC(=O)[C@@H]1NC(=O)[C@H]2NC(=O)C(NC(=O)[C@@H]3NC(=O)[C@@H]4NC(=O)[C@H](NC(=O)[C@H](N)c5ccc(O)c(c5)Oc5cc(O)c(Cl)c4c5)[C@H](O)c4ccc(cc4)Oc4cc3cc(c4O)Oc3ccc(cc3)[C@H]2O)c2ccc(O)c(c2)-c2c(O)cc(O)cc21. The van der Waals surface area contributed by atoms with Crippen LogP contribution >= 0.6 is 11.6 Å². The molecule has 440 valence electrons. The van der Waals surface area contributed by atoms with E-state index >= 15 is 14.4 Å². The highest BCUT2D eigenvalue weighted by Crippen LogP contribution is 2.47. The molecule has 26 nitrogen and oxygen atoms in total. The summed E-state index contributed by atoms with van der Waals surface area (Å²) in [6.45, 7) is 0. The molecule has 6 heterocycles. The molecule has 27 heteroatoms. The predicted molar refractivity (Wildman–Crippen MR) is 296 cm³/mol. The van der Waals surface area contributed by atoms with Crippen LogP contribution in [0.1, 0.15) is 81.4 Å². The number of esters is 1. The maximum atomic E-state index is 15.7. The summed E-state index contributed by atoms with van der Waals surface area (Å²) < 4.78 is 23.4. The molecule has 17 bridgehead atoms. The molecule has 16 N–H and O–H groups in total. The summed E-state index contributed by atoms with van der Waals surface area (Å²) in [6.07, 6.45) is -3.98. The van der Waals surface area contributed by atoms with Gasteiger partial charge in [-0.2, -0.15) is 0 Å². The van der Waals surface area contributed by atoms with Crippen molar-refractivity contribution in [2.75, 3.05) is 7.11 Å². The highest BCUT2D eigenvalue weighted by Gasteiger charge is 2.42. The van der Waals surface area contributed by atoms with E-state index in [-0.39, 0.29) is 61.9 Å². The highest BCUT2D eigenvalue weighted by atomic mass is 35.5. The van der Waals surface area contributed by atoms with E-state index in [9.17, 15) is 60.0 Å². The van der Waals surface area contributed by atoms with Gasteiger partial charge in [0.25, 0.3) is 0 Å². The number of nitrogens with one attached hydrogen (secondary N) is 6. The first kappa shape index (κ1) is 57.0. The minimum Gasteiger partial charge on any atom is -0.508 e. The Kier molecular flexibility index (Phi) is 14.9. The highest BCUT2D eigenvalue weighted by molar-refractivity contribution is 6.33. The van der Waals surface area contributed by atoms with Crippen molar-refractivity contribution in [3.05, 3.63) is 165 Å². The molecule has 0 radical (unpaired) electrons. The molecule has 0 saturated carbocycles. The van der Waals surface area contributed by atoms with E-state index in [0.29, 0.717) is 0 Å². The first-order valence-electron chi connectivity index (χ1n) is 25.9. The van der Waals surface area contributed by atoms with Crippen LogP contribution in [-0.2, 0) is 38.3 Å². The summed E-state index contributed by atoms with van der Waals surface area (Å²) in [6, 6.07) is 9.27. The zero-order valence-electron chi connectivity index (χ0n) is 44.3. The number of amides is 6. The maximum absolute atomic E-state index is 15.7. The second-order valence-corrected chi connectivity index (χ2v) is 20.6. The number of benzene rings is 7. The van der Waals surface area contributed by atoms with Crippen LogP contribution in [0.4, 0.5) is 0 Å². The van der Waals surface area contributed by atoms with Gasteiger partial charge in [-0.1, -0.05) is 48.0 Å². The van der Waals surface area contributed by atoms with Gasteiger partial charge < -0.3 is 97.4 Å². The molecule has 86 heavy (non-hydrogen) atoms. The Hall–Kier alpha value is -10.8. The molecule has 6 amide bonds. The van der Waals surface area contributed by atoms with Crippen molar-refractivity contribution in [3.8, 4) is 80.1 Å². The van der Waals surface area contributed by atoms with Gasteiger partial charge in [0.15, 0.2) is 29.0 Å². The molecule has 6 aliphatic rings. The number of phenols is 6. The van der Waals surface area contributed by atoms with Crippen LogP contribution in [0.2, 0.25) is 5.02 Å². The summed E-state index contributed by atoms with van der Waals surface area (Å²) >= 11 is 6.79. The molecule has 0 saturated heterocycles. The summed E-state index contributed by atoms with van der Waals surface area (Å²) in [7, 11) is 0.969. The fourth-order valence-electron chi connectivity index (χ4n) is 10.3. The number of fused-ring (bicyclic) bond motifs is 14. The van der Waals surface area contributed by atoms with Gasteiger partial charge in [-0.25, -0.2) is 4.79 Å². The van der Waals surface area contributed by atoms with E-state index in [2.05, 4.69) is 31.9 Å². The van der Waals surface area contributed by atoms with Crippen LogP contribution in [0.25, 0.3) is 11.1 Å². The lowest BCUT2D eigenvalue weighted by Crippen LogP contribution is -2.55. The number of methoxy groups -OCH3 is 1. The van der Waals surface area contributed by atoms with Crippen LogP contribution in [0.15, 0.2) is 121 Å². The van der Waals surface area contributed by atoms with Crippen molar-refractivity contribution in [2.24, 2.45) is 5.73 Å². The van der Waals surface area contributed by atoms with Crippen molar-refractivity contribution in [1.29, 1.82) is 0 Å². The van der Waals surface area contributed by atoms with E-state index in [1.165, 1.54) is 60.7 Å². The lowest BCUT2D eigenvalue weighted by molar-refractivity contribution is -0.146. The average molecular weight is 1190 g/mol. The molecule has 1 unspecified atom stereocenters. The molecule has 9 atom stereocenters. The summed E-state index contributed by atoms with van der Waals surface area (Å²) in [4.78, 5) is 104. The van der Waals surface area contributed by atoms with Gasteiger partial charge in [0.2, 0.25) is 41.2 Å². The number of hydrogen-bond acceptors (Lipinski definition) is 20. The number of aromatic hydroxyl groups is 6. The monoisotopic (exact) mass is 1190 g/mol. The van der Waals surface area contributed by atoms with E-state index in [1.54, 1.807) is 0 Å². The Balaban J connectivity index is 1.14. The van der Waals surface area contributed by atoms with Crippen molar-refractivity contribution >= 4 is 53.0 Å². The van der Waals surface area contributed by atoms with Crippen molar-refractivity contribution in [1.82, 2.24) is 31.9 Å². The molecule has 13 rings (SSSR count). The number of halogens is 1. The number of nitrogens with two attached hydrogens (primary N) is 1. The fraction of sp³-hybridized carbons (Fsp3) is 0.169. The third-order valence-electron chi connectivity index (χ3n) is 14.7. The predicted octanol–water partition coefficient (Wildman–Crippen LogP) is 3.91. The van der Waals surface area contributed by atoms with E-state index < -0.39 is 158 Å². The largest absolute Gasteiger partial charge is 0.508 e. The number of carbonyl (C=O) groups is 7. The number of ether oxygens (including phenoxy) is 4. The minimum absolute atomic E-state index is 0.0202. The number of carbonyl (C=O) groups excluding carboxylic acids is 7. The standard InChI is InChI=1S/C59H48ClN7O19/c1-83-59(82)47-32-18-27(68)19-36(71)41(32)31-14-25(7-12-34(31)69)44-54(77)67-49(58(81)65-47)51(74)23-4-10-29(11-5-23)85-40-17-26-16-39(52(40)75)84-28-8-2-22(3-9-28)50(73)48-57(80)64-46(56(79)63-45(26)55(78)62-44)33-20-30(21-37(72)42(33)60)86-38-15-24(6-13-35(38)70)43(61)53(76)66-48/h2-21,43-51,68-75H,61H2,1H3,(H,62,78)(H,63,79)(H,64,80)(H,65,81)(H,66,76)(H,67,77)/t43-,44?,45-,46-,47-,48-,49+,50-,51-/m1/s1. The van der Waals surface area contributed by atoms with Crippen molar-refractivity contribution in [2.45, 2.75) is 54.5 Å². The zero-order valence-corrected chi connectivity index (χ0v) is 45.0. The number of aliphatic hydroxyl groups is 2. The molecule has 0 spiro atoms. The normalized spacial score (nSPS) is 22.7. The average Bonchev–Trinajstić information content (AvgIpc) is 1.20. The van der Waals surface area contributed by atoms with E-state index in [1.807, 2.05) is 0 Å². The maximum Gasteiger partial charge on any atom is 0.333 e. The first-order chi connectivity index (χ1) is 41.0. The third-order valence-corrected chi connectivity index (χ3v) is 15.2. The van der Waals surface area contributed by atoms with Crippen LogP contribution in [0, 0.1) is 0 Å². The quantitative estimate of drug-likeness (QED) is 0.104. The third kappa shape index (κ3) is 10.7. The molecule has 0 aromatic heterocycles. The lowest BCUT2D eigenvalue weighted by Gasteiger charge is -2.31. The number of rotatable bonds is 1. The minimum atomic E-state index is -2.20. The van der Waals surface area contributed by atoms with E-state index in [4.69, 9.17) is 36.3 Å². The van der Waals surface area contributed by atoms with Gasteiger partial charge in [0, 0.05) is 34.4 Å².